The van der Waals surface area contributed by atoms with Gasteiger partial charge in [-0.3, -0.25) is 9.48 Å². The van der Waals surface area contributed by atoms with Crippen LogP contribution >= 0.6 is 0 Å². The van der Waals surface area contributed by atoms with Gasteiger partial charge in [0.05, 0.1) is 26.0 Å². The zero-order chi connectivity index (χ0) is 22.5. The average Bonchev–Trinajstić information content (AvgIpc) is 3.37. The number of aliphatic hydroxyl groups excluding tert-OH is 1. The molecular formula is C27H42N2O3. The van der Waals surface area contributed by atoms with Crippen molar-refractivity contribution < 1.29 is 14.6 Å². The number of hydrogen-bond acceptors (Lipinski definition) is 4. The van der Waals surface area contributed by atoms with Gasteiger partial charge in [-0.25, -0.2) is 0 Å². The van der Waals surface area contributed by atoms with Crippen molar-refractivity contribution in [3.63, 3.8) is 0 Å². The van der Waals surface area contributed by atoms with E-state index in [9.17, 15) is 9.90 Å². The highest BCUT2D eigenvalue weighted by atomic mass is 16.5. The fourth-order valence-electron chi connectivity index (χ4n) is 9.19. The summed E-state index contributed by atoms with van der Waals surface area (Å²) in [6.07, 6.45) is 15.0. The molecule has 5 nitrogen and oxygen atoms in total. The van der Waals surface area contributed by atoms with Gasteiger partial charge in [0.15, 0.2) is 5.78 Å². The van der Waals surface area contributed by atoms with E-state index in [0.717, 1.165) is 42.3 Å². The van der Waals surface area contributed by atoms with Crippen LogP contribution < -0.4 is 0 Å². The highest BCUT2D eigenvalue weighted by molar-refractivity contribution is 5.82. The number of hydrogen-bond donors (Lipinski definition) is 1. The quantitative estimate of drug-likeness (QED) is 0.683. The van der Waals surface area contributed by atoms with Crippen LogP contribution in [0, 0.1) is 46.3 Å². The normalized spacial score (nSPS) is 43.4. The van der Waals surface area contributed by atoms with Gasteiger partial charge >= 0.3 is 0 Å². The van der Waals surface area contributed by atoms with Gasteiger partial charge in [-0.1, -0.05) is 20.3 Å². The first-order chi connectivity index (χ1) is 15.4. The molecule has 4 saturated carbocycles. The molecule has 8 atom stereocenters. The minimum Gasteiger partial charge on any atom is -0.392 e. The van der Waals surface area contributed by atoms with Crippen LogP contribution in [0.5, 0.6) is 0 Å². The Kier molecular flexibility index (Phi) is 6.03. The number of aromatic nitrogens is 2. The molecule has 1 heterocycles. The summed E-state index contributed by atoms with van der Waals surface area (Å²) in [5, 5.41) is 13.6. The average molecular weight is 443 g/mol. The lowest BCUT2D eigenvalue weighted by molar-refractivity contribution is -0.154. The molecule has 8 unspecified atom stereocenters. The van der Waals surface area contributed by atoms with Crippen molar-refractivity contribution in [1.29, 1.82) is 0 Å². The van der Waals surface area contributed by atoms with Crippen LogP contribution in [0.1, 0.15) is 77.2 Å². The molecule has 1 N–H and O–H groups in total. The minimum atomic E-state index is -0.0243. The molecule has 1 aromatic heterocycles. The molecule has 5 rings (SSSR count). The summed E-state index contributed by atoms with van der Waals surface area (Å²) in [6.45, 7) is 6.13. The van der Waals surface area contributed by atoms with Crippen LogP contribution in [0.2, 0.25) is 0 Å². The third-order valence-corrected chi connectivity index (χ3v) is 10.6. The van der Waals surface area contributed by atoms with Crippen molar-refractivity contribution in [3.8, 4) is 0 Å². The molecule has 4 aliphatic rings. The SMILES string of the molecule is COCC12CCC(C)CC1CCC1C3CCC(C(=O)Cn4cc(CO)cn4)C3(C)CCC12. The van der Waals surface area contributed by atoms with E-state index in [1.807, 2.05) is 13.3 Å². The first-order valence-corrected chi connectivity index (χ1v) is 13.0. The Balaban J connectivity index is 1.35. The van der Waals surface area contributed by atoms with Gasteiger partial charge in [0, 0.05) is 24.8 Å². The first-order valence-electron chi connectivity index (χ1n) is 13.0. The smallest absolute Gasteiger partial charge is 0.157 e. The number of carbonyl (C=O) groups is 1. The van der Waals surface area contributed by atoms with Crippen molar-refractivity contribution in [2.24, 2.45) is 46.3 Å². The topological polar surface area (TPSA) is 64.3 Å². The molecule has 0 aromatic carbocycles. The summed E-state index contributed by atoms with van der Waals surface area (Å²) < 4.78 is 7.64. The second kappa shape index (κ2) is 8.54. The van der Waals surface area contributed by atoms with E-state index < -0.39 is 0 Å². The van der Waals surface area contributed by atoms with E-state index in [1.165, 1.54) is 51.4 Å². The number of nitrogens with zero attached hydrogens (tertiary/aromatic N) is 2. The molecule has 4 fully saturated rings. The predicted molar refractivity (Wildman–Crippen MR) is 124 cm³/mol. The number of fused-ring (bicyclic) bond motifs is 5. The van der Waals surface area contributed by atoms with Gasteiger partial charge in [0.25, 0.3) is 0 Å². The summed E-state index contributed by atoms with van der Waals surface area (Å²) >= 11 is 0. The van der Waals surface area contributed by atoms with E-state index in [0.29, 0.717) is 23.7 Å². The number of aliphatic hydroxyl groups is 1. The van der Waals surface area contributed by atoms with Crippen molar-refractivity contribution in [2.45, 2.75) is 84.8 Å². The van der Waals surface area contributed by atoms with Gasteiger partial charge in [0.1, 0.15) is 0 Å². The number of rotatable bonds is 6. The Hall–Kier alpha value is -1.20. The third-order valence-electron chi connectivity index (χ3n) is 10.6. The lowest BCUT2D eigenvalue weighted by Gasteiger charge is -2.61. The number of carbonyl (C=O) groups excluding carboxylic acids is 1. The number of Topliss-reactive ketones (excluding diaryl/α,β-unsaturated/α-hetero) is 1. The van der Waals surface area contributed by atoms with Crippen LogP contribution in [-0.4, -0.2) is 34.4 Å². The molecule has 0 amide bonds. The van der Waals surface area contributed by atoms with Crippen LogP contribution in [0.4, 0.5) is 0 Å². The molecule has 0 aliphatic heterocycles. The van der Waals surface area contributed by atoms with Crippen LogP contribution in [-0.2, 0) is 22.7 Å². The maximum atomic E-state index is 13.4. The highest BCUT2D eigenvalue weighted by Gasteiger charge is 2.62. The molecule has 0 saturated heterocycles. The van der Waals surface area contributed by atoms with E-state index in [4.69, 9.17) is 4.74 Å². The molecule has 0 radical (unpaired) electrons. The number of ether oxygens (including phenoxy) is 1. The van der Waals surface area contributed by atoms with E-state index >= 15 is 0 Å². The summed E-state index contributed by atoms with van der Waals surface area (Å²) in [5.41, 5.74) is 1.29. The Bertz CT molecular complexity index is 837. The van der Waals surface area contributed by atoms with E-state index in [-0.39, 0.29) is 17.9 Å². The van der Waals surface area contributed by atoms with Gasteiger partial charge in [-0.15, -0.1) is 0 Å². The monoisotopic (exact) mass is 442 g/mol. The van der Waals surface area contributed by atoms with Gasteiger partial charge < -0.3 is 9.84 Å². The van der Waals surface area contributed by atoms with Crippen LogP contribution in [0.3, 0.4) is 0 Å². The molecule has 0 spiro atoms. The van der Waals surface area contributed by atoms with Crippen molar-refractivity contribution in [3.05, 3.63) is 18.0 Å². The Morgan fingerprint density at radius 1 is 1.19 bits per heavy atom. The second-order valence-corrected chi connectivity index (χ2v) is 12.0. The summed E-state index contributed by atoms with van der Waals surface area (Å²) in [7, 11) is 1.90. The zero-order valence-electron chi connectivity index (χ0n) is 20.3. The molecule has 1 aromatic rings. The summed E-state index contributed by atoms with van der Waals surface area (Å²) in [4.78, 5) is 13.4. The number of ketones is 1. The zero-order valence-corrected chi connectivity index (χ0v) is 20.3. The standard InChI is InChI=1S/C27H42N2O3/c1-18-8-11-27(17-32-3)20(12-18)4-5-21-22-6-7-24(26(22,2)10-9-23(21)27)25(31)15-29-14-19(16-30)13-28-29/h13-14,18,20-24,30H,4-12,15-17H2,1-3H3. The lowest BCUT2D eigenvalue weighted by Crippen LogP contribution is -2.56. The van der Waals surface area contributed by atoms with Crippen molar-refractivity contribution >= 4 is 5.78 Å². The van der Waals surface area contributed by atoms with Gasteiger partial charge in [-0.2, -0.15) is 5.10 Å². The van der Waals surface area contributed by atoms with Crippen molar-refractivity contribution in [2.75, 3.05) is 13.7 Å². The number of methoxy groups -OCH3 is 1. The maximum Gasteiger partial charge on any atom is 0.157 e. The molecule has 0 bridgehead atoms. The molecule has 5 heteroatoms. The Morgan fingerprint density at radius 2 is 2.03 bits per heavy atom. The van der Waals surface area contributed by atoms with Crippen molar-refractivity contribution in [1.82, 2.24) is 9.78 Å². The minimum absolute atomic E-state index is 0.0243. The lowest BCUT2D eigenvalue weighted by atomic mass is 9.44. The first kappa shape index (κ1) is 22.6. The van der Waals surface area contributed by atoms with E-state index in [1.54, 1.807) is 10.9 Å². The Morgan fingerprint density at radius 3 is 2.78 bits per heavy atom. The third kappa shape index (κ3) is 3.50. The second-order valence-electron chi connectivity index (χ2n) is 12.0. The molecule has 4 aliphatic carbocycles. The predicted octanol–water partition coefficient (Wildman–Crippen LogP) is 4.87. The van der Waals surface area contributed by atoms with Crippen LogP contribution in [0.15, 0.2) is 12.4 Å². The molecule has 178 valence electrons. The van der Waals surface area contributed by atoms with Crippen LogP contribution in [0.25, 0.3) is 0 Å². The largest absolute Gasteiger partial charge is 0.392 e. The Labute approximate surface area is 193 Å². The highest BCUT2D eigenvalue weighted by Crippen LogP contribution is 2.68. The maximum absolute atomic E-state index is 13.4. The van der Waals surface area contributed by atoms with Gasteiger partial charge in [-0.05, 0) is 91.8 Å². The summed E-state index contributed by atoms with van der Waals surface area (Å²) in [5.74, 6) is 4.39. The fraction of sp³-hybridized carbons (Fsp3) is 0.852. The molecule has 32 heavy (non-hydrogen) atoms. The fourth-order valence-corrected chi connectivity index (χ4v) is 9.19. The van der Waals surface area contributed by atoms with E-state index in [2.05, 4.69) is 18.9 Å². The summed E-state index contributed by atoms with van der Waals surface area (Å²) in [6, 6.07) is 0. The molecular weight excluding hydrogens is 400 g/mol. The van der Waals surface area contributed by atoms with Gasteiger partial charge in [0.2, 0.25) is 0 Å².